The van der Waals surface area contributed by atoms with Gasteiger partial charge in [0.05, 0.1) is 10.6 Å². The molecule has 0 N–H and O–H groups in total. The molecule has 1 saturated heterocycles. The molecule has 2 aromatic rings. The predicted octanol–water partition coefficient (Wildman–Crippen LogP) is 3.96. The second kappa shape index (κ2) is 8.36. The maximum absolute atomic E-state index is 12.9. The molecule has 6 nitrogen and oxygen atoms in total. The van der Waals surface area contributed by atoms with Gasteiger partial charge in [-0.1, -0.05) is 40.7 Å². The second-order valence-electron chi connectivity index (χ2n) is 6.53. The van der Waals surface area contributed by atoms with Crippen LogP contribution in [0.3, 0.4) is 0 Å². The van der Waals surface area contributed by atoms with Gasteiger partial charge in [-0.3, -0.25) is 9.69 Å². The Morgan fingerprint density at radius 2 is 1.89 bits per heavy atom. The largest absolute Gasteiger partial charge is 0.286 e. The van der Waals surface area contributed by atoms with Crippen LogP contribution in [0.2, 0.25) is 0 Å². The first-order valence-electron chi connectivity index (χ1n) is 8.54. The first-order chi connectivity index (χ1) is 13.2. The van der Waals surface area contributed by atoms with Crippen molar-refractivity contribution in [2.24, 2.45) is 4.99 Å². The summed E-state index contributed by atoms with van der Waals surface area (Å²) in [5.74, 6) is -0.125. The first-order valence-corrected chi connectivity index (χ1v) is 11.6. The topological polar surface area (TPSA) is 70.0 Å². The van der Waals surface area contributed by atoms with E-state index < -0.39 is 10.0 Å². The lowest BCUT2D eigenvalue weighted by atomic mass is 10.2. The van der Waals surface area contributed by atoms with Crippen molar-refractivity contribution in [2.75, 3.05) is 20.6 Å². The van der Waals surface area contributed by atoms with Crippen molar-refractivity contribution in [3.05, 3.63) is 58.6 Å². The standard InChI is InChI=1S/C19H20BrN3O3S2/c1-13-12-23(18(24)14-7-9-15(20)10-8-14)19(27-13)21-16-5-4-6-17(11-16)28(25,26)22(2)3/h4-11,13H,12H2,1-3H3. The zero-order chi connectivity index (χ0) is 20.5. The SMILES string of the molecule is CC1CN(C(=O)c2ccc(Br)cc2)C(=Nc2cccc(S(=O)(=O)N(C)C)c2)S1. The minimum atomic E-state index is -3.55. The number of amides is 1. The first kappa shape index (κ1) is 21.0. The Kier molecular flexibility index (Phi) is 6.28. The molecule has 1 aliphatic rings. The summed E-state index contributed by atoms with van der Waals surface area (Å²) in [5.41, 5.74) is 1.07. The second-order valence-corrected chi connectivity index (χ2v) is 11.0. The van der Waals surface area contributed by atoms with Crippen LogP contribution >= 0.6 is 27.7 Å². The van der Waals surface area contributed by atoms with Crippen LogP contribution in [0.5, 0.6) is 0 Å². The third-order valence-corrected chi connectivity index (χ3v) is 7.55. The minimum Gasteiger partial charge on any atom is -0.286 e. The number of carbonyl (C=O) groups is 1. The molecule has 1 amide bonds. The number of halogens is 1. The molecule has 148 valence electrons. The summed E-state index contributed by atoms with van der Waals surface area (Å²) in [4.78, 5) is 19.3. The smallest absolute Gasteiger partial charge is 0.259 e. The monoisotopic (exact) mass is 481 g/mol. The molecule has 9 heteroatoms. The van der Waals surface area contributed by atoms with E-state index in [1.165, 1.54) is 38.0 Å². The van der Waals surface area contributed by atoms with Crippen molar-refractivity contribution >= 4 is 54.5 Å². The molecule has 1 unspecified atom stereocenters. The number of carbonyl (C=O) groups excluding carboxylic acids is 1. The Balaban J connectivity index is 1.94. The number of amidine groups is 1. The van der Waals surface area contributed by atoms with Crippen LogP contribution in [0, 0.1) is 0 Å². The normalized spacial score (nSPS) is 18.8. The summed E-state index contributed by atoms with van der Waals surface area (Å²) in [7, 11) is -0.574. The molecule has 0 radical (unpaired) electrons. The van der Waals surface area contributed by atoms with Crippen molar-refractivity contribution in [3.63, 3.8) is 0 Å². The number of hydrogen-bond acceptors (Lipinski definition) is 5. The van der Waals surface area contributed by atoms with E-state index in [-0.39, 0.29) is 16.1 Å². The van der Waals surface area contributed by atoms with Crippen LogP contribution < -0.4 is 0 Å². The molecule has 0 aliphatic carbocycles. The Labute approximate surface area is 177 Å². The van der Waals surface area contributed by atoms with Crippen LogP contribution in [0.4, 0.5) is 5.69 Å². The maximum Gasteiger partial charge on any atom is 0.259 e. The number of rotatable bonds is 4. The number of thioether (sulfide) groups is 1. The summed E-state index contributed by atoms with van der Waals surface area (Å²) >= 11 is 4.87. The van der Waals surface area contributed by atoms with Gasteiger partial charge in [-0.05, 0) is 42.5 Å². The van der Waals surface area contributed by atoms with Gasteiger partial charge in [-0.15, -0.1) is 0 Å². The quantitative estimate of drug-likeness (QED) is 0.662. The van der Waals surface area contributed by atoms with Crippen molar-refractivity contribution < 1.29 is 13.2 Å². The van der Waals surface area contributed by atoms with Crippen molar-refractivity contribution in [2.45, 2.75) is 17.1 Å². The molecule has 1 aliphatic heterocycles. The van der Waals surface area contributed by atoms with Crippen LogP contribution in [0.1, 0.15) is 17.3 Å². The molecule has 0 spiro atoms. The lowest BCUT2D eigenvalue weighted by Crippen LogP contribution is -2.32. The minimum absolute atomic E-state index is 0.125. The molecular weight excluding hydrogens is 462 g/mol. The maximum atomic E-state index is 12.9. The van der Waals surface area contributed by atoms with Gasteiger partial charge in [0.1, 0.15) is 0 Å². The van der Waals surface area contributed by atoms with Crippen LogP contribution in [-0.2, 0) is 10.0 Å². The zero-order valence-electron chi connectivity index (χ0n) is 15.7. The van der Waals surface area contributed by atoms with E-state index in [1.807, 2.05) is 19.1 Å². The van der Waals surface area contributed by atoms with Gasteiger partial charge in [-0.2, -0.15) is 0 Å². The Bertz CT molecular complexity index is 1020. The van der Waals surface area contributed by atoms with E-state index in [0.717, 1.165) is 8.78 Å². The number of sulfonamides is 1. The highest BCUT2D eigenvalue weighted by molar-refractivity contribution is 9.10. The van der Waals surface area contributed by atoms with E-state index in [0.29, 0.717) is 23.0 Å². The van der Waals surface area contributed by atoms with Gasteiger partial charge in [0.25, 0.3) is 5.91 Å². The van der Waals surface area contributed by atoms with E-state index in [2.05, 4.69) is 20.9 Å². The van der Waals surface area contributed by atoms with Gasteiger partial charge in [0.15, 0.2) is 5.17 Å². The Morgan fingerprint density at radius 1 is 1.21 bits per heavy atom. The molecule has 1 fully saturated rings. The molecule has 28 heavy (non-hydrogen) atoms. The molecule has 1 atom stereocenters. The summed E-state index contributed by atoms with van der Waals surface area (Å²) in [6.45, 7) is 2.58. The van der Waals surface area contributed by atoms with E-state index in [9.17, 15) is 13.2 Å². The molecule has 0 aromatic heterocycles. The van der Waals surface area contributed by atoms with Crippen LogP contribution in [-0.4, -0.2) is 54.6 Å². The third-order valence-electron chi connectivity index (χ3n) is 4.13. The average Bonchev–Trinajstić information content (AvgIpc) is 3.02. The molecule has 2 aromatic carbocycles. The van der Waals surface area contributed by atoms with Gasteiger partial charge < -0.3 is 0 Å². The lowest BCUT2D eigenvalue weighted by Gasteiger charge is -2.16. The van der Waals surface area contributed by atoms with E-state index in [1.54, 1.807) is 29.2 Å². The molecule has 0 bridgehead atoms. The van der Waals surface area contributed by atoms with E-state index in [4.69, 9.17) is 0 Å². The predicted molar refractivity (Wildman–Crippen MR) is 117 cm³/mol. The van der Waals surface area contributed by atoms with Gasteiger partial charge in [0, 0.05) is 35.9 Å². The van der Waals surface area contributed by atoms with Crippen molar-refractivity contribution in [3.8, 4) is 0 Å². The number of hydrogen-bond donors (Lipinski definition) is 0. The number of nitrogens with zero attached hydrogens (tertiary/aromatic N) is 3. The van der Waals surface area contributed by atoms with Gasteiger partial charge >= 0.3 is 0 Å². The van der Waals surface area contributed by atoms with E-state index >= 15 is 0 Å². The van der Waals surface area contributed by atoms with Crippen LogP contribution in [0.15, 0.2) is 62.9 Å². The zero-order valence-corrected chi connectivity index (χ0v) is 18.9. The third kappa shape index (κ3) is 4.48. The summed E-state index contributed by atoms with van der Waals surface area (Å²) in [5, 5.41) is 0.770. The summed E-state index contributed by atoms with van der Waals surface area (Å²) < 4.78 is 26.8. The molecule has 0 saturated carbocycles. The fraction of sp³-hybridized carbons (Fsp3) is 0.263. The summed E-state index contributed by atoms with van der Waals surface area (Å²) in [6.07, 6.45) is 0. The molecule has 3 rings (SSSR count). The average molecular weight is 482 g/mol. The van der Waals surface area contributed by atoms with Gasteiger partial charge in [0.2, 0.25) is 10.0 Å². The fourth-order valence-electron chi connectivity index (χ4n) is 2.66. The highest BCUT2D eigenvalue weighted by Crippen LogP contribution is 2.30. The molecule has 1 heterocycles. The lowest BCUT2D eigenvalue weighted by molar-refractivity contribution is 0.0855. The highest BCUT2D eigenvalue weighted by Gasteiger charge is 2.31. The van der Waals surface area contributed by atoms with Gasteiger partial charge in [-0.25, -0.2) is 17.7 Å². The Hall–Kier alpha value is -1.68. The Morgan fingerprint density at radius 3 is 2.54 bits per heavy atom. The molecular formula is C19H20BrN3O3S2. The highest BCUT2D eigenvalue weighted by atomic mass is 79.9. The van der Waals surface area contributed by atoms with Crippen LogP contribution in [0.25, 0.3) is 0 Å². The number of benzene rings is 2. The fourth-order valence-corrected chi connectivity index (χ4v) is 4.89. The van der Waals surface area contributed by atoms with Crippen molar-refractivity contribution in [1.82, 2.24) is 9.21 Å². The van der Waals surface area contributed by atoms with Crippen molar-refractivity contribution in [1.29, 1.82) is 0 Å². The summed E-state index contributed by atoms with van der Waals surface area (Å²) in [6, 6.07) is 13.6. The number of aliphatic imine (C=N–C) groups is 1.